The third-order valence-corrected chi connectivity index (χ3v) is 6.15. The van der Waals surface area contributed by atoms with Crippen molar-refractivity contribution in [2.75, 3.05) is 11.9 Å². The Morgan fingerprint density at radius 3 is 2.50 bits per heavy atom. The molecule has 2 fully saturated rings. The number of carboxylic acids is 1. The van der Waals surface area contributed by atoms with Crippen molar-refractivity contribution in [3.05, 3.63) is 29.3 Å². The lowest BCUT2D eigenvalue weighted by molar-refractivity contribution is -0.147. The predicted octanol–water partition coefficient (Wildman–Crippen LogP) is 0.0133. The number of aliphatic carboxylic acids is 1. The zero-order valence-corrected chi connectivity index (χ0v) is 17.1. The fourth-order valence-electron chi connectivity index (χ4n) is 4.52. The number of carbonyl (C=O) groups is 6. The van der Waals surface area contributed by atoms with Gasteiger partial charge in [-0.05, 0) is 31.4 Å². The predicted molar refractivity (Wildman–Crippen MR) is 109 cm³/mol. The van der Waals surface area contributed by atoms with E-state index in [4.69, 9.17) is 0 Å². The molecule has 4 rings (SSSR count). The molecule has 1 unspecified atom stereocenters. The van der Waals surface area contributed by atoms with Crippen LogP contribution in [-0.4, -0.2) is 63.6 Å². The van der Waals surface area contributed by atoms with Crippen LogP contribution in [0.4, 0.5) is 5.69 Å². The first-order valence-corrected chi connectivity index (χ1v) is 10.4. The lowest BCUT2D eigenvalue weighted by Crippen LogP contribution is -2.54. The molecule has 2 heterocycles. The summed E-state index contributed by atoms with van der Waals surface area (Å²) in [4.78, 5) is 74.4. The minimum atomic E-state index is -1.29. The maximum Gasteiger partial charge on any atom is 0.329 e. The number of carboxylic acid groups (broad SMARTS) is 1. The normalized spacial score (nSPS) is 21.9. The molecular formula is C21H22N4O7. The topological polar surface area (TPSA) is 162 Å². The van der Waals surface area contributed by atoms with Crippen molar-refractivity contribution in [1.82, 2.24) is 15.5 Å². The molecule has 0 radical (unpaired) electrons. The van der Waals surface area contributed by atoms with Crippen LogP contribution in [-0.2, 0) is 19.2 Å². The zero-order valence-electron chi connectivity index (χ0n) is 17.1. The molecule has 1 aromatic rings. The van der Waals surface area contributed by atoms with Crippen LogP contribution < -0.4 is 16.0 Å². The molecule has 32 heavy (non-hydrogen) atoms. The van der Waals surface area contributed by atoms with Gasteiger partial charge in [-0.15, -0.1) is 0 Å². The molecule has 5 amide bonds. The minimum absolute atomic E-state index is 0.0143. The number of piperidine rings is 1. The number of hydrogen-bond donors (Lipinski definition) is 4. The summed E-state index contributed by atoms with van der Waals surface area (Å²) in [6, 6.07) is 3.42. The summed E-state index contributed by atoms with van der Waals surface area (Å²) < 4.78 is 0. The highest BCUT2D eigenvalue weighted by atomic mass is 16.4. The summed E-state index contributed by atoms with van der Waals surface area (Å²) in [7, 11) is 0. The van der Waals surface area contributed by atoms with Crippen LogP contribution in [0.15, 0.2) is 18.2 Å². The van der Waals surface area contributed by atoms with Gasteiger partial charge in [0.05, 0.1) is 17.7 Å². The van der Waals surface area contributed by atoms with Gasteiger partial charge >= 0.3 is 5.97 Å². The van der Waals surface area contributed by atoms with Gasteiger partial charge in [-0.25, -0.2) is 4.79 Å². The minimum Gasteiger partial charge on any atom is -0.480 e. The Hall–Kier alpha value is -3.76. The van der Waals surface area contributed by atoms with E-state index in [0.29, 0.717) is 25.7 Å². The summed E-state index contributed by atoms with van der Waals surface area (Å²) in [5, 5.41) is 17.0. The zero-order chi connectivity index (χ0) is 23.0. The van der Waals surface area contributed by atoms with Crippen molar-refractivity contribution in [3.8, 4) is 0 Å². The summed E-state index contributed by atoms with van der Waals surface area (Å²) >= 11 is 0. The number of imide groups is 2. The molecule has 1 atom stereocenters. The van der Waals surface area contributed by atoms with E-state index in [1.807, 2.05) is 0 Å². The number of fused-ring (bicyclic) bond motifs is 1. The van der Waals surface area contributed by atoms with Gasteiger partial charge in [-0.2, -0.15) is 0 Å². The molecule has 1 aromatic carbocycles. The molecule has 4 N–H and O–H groups in total. The standard InChI is InChI=1S/C21H22N4O7/c26-14-7-6-13(17(28)23-14)25-18(29)11-4-3-5-12(16(11)19(25)30)22-10-15(27)24-21(20(31)32)8-1-2-9-21/h3-5,13,22H,1-2,6-10H2,(H,24,27)(H,31,32)(H,23,26,28). The molecule has 0 spiro atoms. The smallest absolute Gasteiger partial charge is 0.329 e. The highest BCUT2D eigenvalue weighted by molar-refractivity contribution is 6.25. The molecule has 168 valence electrons. The Morgan fingerprint density at radius 2 is 1.84 bits per heavy atom. The number of anilines is 1. The lowest BCUT2D eigenvalue weighted by Gasteiger charge is -2.27. The monoisotopic (exact) mass is 442 g/mol. The van der Waals surface area contributed by atoms with E-state index in [2.05, 4.69) is 16.0 Å². The fraction of sp³-hybridized carbons (Fsp3) is 0.429. The average Bonchev–Trinajstić information content (AvgIpc) is 3.32. The van der Waals surface area contributed by atoms with Gasteiger partial charge in [0.25, 0.3) is 11.8 Å². The molecule has 1 saturated carbocycles. The van der Waals surface area contributed by atoms with Gasteiger partial charge in [0.1, 0.15) is 11.6 Å². The number of nitrogens with zero attached hydrogens (tertiary/aromatic N) is 1. The number of nitrogens with one attached hydrogen (secondary N) is 3. The summed E-state index contributed by atoms with van der Waals surface area (Å²) in [6.07, 6.45) is 2.17. The van der Waals surface area contributed by atoms with E-state index < -0.39 is 47.1 Å². The molecule has 1 aliphatic carbocycles. The van der Waals surface area contributed by atoms with E-state index in [1.165, 1.54) is 18.2 Å². The summed E-state index contributed by atoms with van der Waals surface area (Å²) in [6.45, 7) is -0.300. The van der Waals surface area contributed by atoms with Gasteiger partial charge < -0.3 is 15.7 Å². The fourth-order valence-corrected chi connectivity index (χ4v) is 4.52. The summed E-state index contributed by atoms with van der Waals surface area (Å²) in [5.74, 6) is -4.14. The molecular weight excluding hydrogens is 420 g/mol. The number of hydrogen-bond acceptors (Lipinski definition) is 7. The second-order valence-corrected chi connectivity index (χ2v) is 8.17. The average molecular weight is 442 g/mol. The van der Waals surface area contributed by atoms with E-state index >= 15 is 0 Å². The van der Waals surface area contributed by atoms with Gasteiger partial charge in [0.2, 0.25) is 17.7 Å². The molecule has 2 aliphatic heterocycles. The molecule has 1 saturated heterocycles. The Balaban J connectivity index is 1.50. The second-order valence-electron chi connectivity index (χ2n) is 8.17. The first kappa shape index (κ1) is 21.5. The van der Waals surface area contributed by atoms with Gasteiger partial charge in [0.15, 0.2) is 0 Å². The Labute approximate surface area is 182 Å². The Morgan fingerprint density at radius 1 is 1.12 bits per heavy atom. The second kappa shape index (κ2) is 8.06. The largest absolute Gasteiger partial charge is 0.480 e. The van der Waals surface area contributed by atoms with Crippen molar-refractivity contribution in [1.29, 1.82) is 0 Å². The third kappa shape index (κ3) is 3.59. The molecule has 11 heteroatoms. The first-order chi connectivity index (χ1) is 15.2. The maximum absolute atomic E-state index is 13.0. The Kier molecular flexibility index (Phi) is 5.41. The van der Waals surface area contributed by atoms with Crippen molar-refractivity contribution >= 4 is 41.2 Å². The number of amides is 5. The molecule has 3 aliphatic rings. The van der Waals surface area contributed by atoms with E-state index in [-0.39, 0.29) is 36.2 Å². The molecule has 0 aromatic heterocycles. The number of rotatable bonds is 6. The Bertz CT molecular complexity index is 1040. The maximum atomic E-state index is 13.0. The van der Waals surface area contributed by atoms with E-state index in [9.17, 15) is 33.9 Å². The van der Waals surface area contributed by atoms with Crippen LogP contribution in [0, 0.1) is 0 Å². The van der Waals surface area contributed by atoms with Crippen LogP contribution in [0.1, 0.15) is 59.2 Å². The van der Waals surface area contributed by atoms with Crippen molar-refractivity contribution in [2.24, 2.45) is 0 Å². The van der Waals surface area contributed by atoms with Crippen LogP contribution in [0.2, 0.25) is 0 Å². The van der Waals surface area contributed by atoms with Crippen LogP contribution in [0.5, 0.6) is 0 Å². The third-order valence-electron chi connectivity index (χ3n) is 6.15. The number of benzene rings is 1. The van der Waals surface area contributed by atoms with Gasteiger partial charge in [-0.3, -0.25) is 34.2 Å². The highest BCUT2D eigenvalue weighted by Gasteiger charge is 2.46. The van der Waals surface area contributed by atoms with Crippen LogP contribution >= 0.6 is 0 Å². The SMILES string of the molecule is O=C1CCC(N2C(=O)c3cccc(NCC(=O)NC4(C(=O)O)CCCC4)c3C2=O)C(=O)N1. The summed E-state index contributed by atoms with van der Waals surface area (Å²) in [5.41, 5.74) is -0.945. The first-order valence-electron chi connectivity index (χ1n) is 10.4. The highest BCUT2D eigenvalue weighted by Crippen LogP contribution is 2.33. The number of carbonyl (C=O) groups excluding carboxylic acids is 5. The van der Waals surface area contributed by atoms with Crippen LogP contribution in [0.3, 0.4) is 0 Å². The molecule has 0 bridgehead atoms. The van der Waals surface area contributed by atoms with Gasteiger partial charge in [0, 0.05) is 12.1 Å². The quantitative estimate of drug-likeness (QED) is 0.448. The van der Waals surface area contributed by atoms with Crippen molar-refractivity contribution < 1.29 is 33.9 Å². The van der Waals surface area contributed by atoms with Crippen molar-refractivity contribution in [2.45, 2.75) is 50.1 Å². The molecule has 11 nitrogen and oxygen atoms in total. The van der Waals surface area contributed by atoms with Crippen LogP contribution in [0.25, 0.3) is 0 Å². The van der Waals surface area contributed by atoms with E-state index in [0.717, 1.165) is 4.90 Å². The van der Waals surface area contributed by atoms with E-state index in [1.54, 1.807) is 0 Å². The van der Waals surface area contributed by atoms with Crippen molar-refractivity contribution in [3.63, 3.8) is 0 Å². The van der Waals surface area contributed by atoms with Gasteiger partial charge in [-0.1, -0.05) is 18.9 Å². The lowest BCUT2D eigenvalue weighted by atomic mass is 9.98.